The molecule has 2 heterocycles. The van der Waals surface area contributed by atoms with Crippen molar-refractivity contribution in [2.24, 2.45) is 5.92 Å². The molecular weight excluding hydrogens is 452 g/mol. The van der Waals surface area contributed by atoms with E-state index in [1.54, 1.807) is 30.3 Å². The zero-order valence-electron chi connectivity index (χ0n) is 19.7. The molecular formula is C26H33ClN4O3. The maximum Gasteiger partial charge on any atom is 0.255 e. The van der Waals surface area contributed by atoms with Crippen LogP contribution in [0.5, 0.6) is 0 Å². The monoisotopic (exact) mass is 484 g/mol. The topological polar surface area (TPSA) is 73.9 Å². The van der Waals surface area contributed by atoms with Gasteiger partial charge >= 0.3 is 0 Å². The Morgan fingerprint density at radius 2 is 1.71 bits per heavy atom. The summed E-state index contributed by atoms with van der Waals surface area (Å²) in [5, 5.41) is 6.57. The number of ether oxygens (including phenoxy) is 1. The first kappa shape index (κ1) is 24.5. The van der Waals surface area contributed by atoms with Crippen molar-refractivity contribution in [3.63, 3.8) is 0 Å². The van der Waals surface area contributed by atoms with E-state index in [-0.39, 0.29) is 11.8 Å². The molecule has 2 aromatic rings. The number of carbonyl (C=O) groups excluding carboxylic acids is 2. The first-order chi connectivity index (χ1) is 16.5. The van der Waals surface area contributed by atoms with Gasteiger partial charge in [-0.1, -0.05) is 18.5 Å². The molecule has 0 spiro atoms. The Balaban J connectivity index is 1.48. The summed E-state index contributed by atoms with van der Waals surface area (Å²) in [6.07, 6.45) is 2.21. The Bertz CT molecular complexity index is 984. The van der Waals surface area contributed by atoms with E-state index in [4.69, 9.17) is 16.3 Å². The first-order valence-corrected chi connectivity index (χ1v) is 12.4. The summed E-state index contributed by atoms with van der Waals surface area (Å²) in [6, 6.07) is 12.3. The number of amides is 2. The number of carbonyl (C=O) groups is 2. The summed E-state index contributed by atoms with van der Waals surface area (Å²) in [5.41, 5.74) is 2.60. The number of benzene rings is 2. The molecule has 2 aromatic carbocycles. The van der Waals surface area contributed by atoms with Gasteiger partial charge in [-0.25, -0.2) is 0 Å². The average Bonchev–Trinajstić information content (AvgIpc) is 2.85. The number of halogens is 1. The van der Waals surface area contributed by atoms with Gasteiger partial charge in [0.2, 0.25) is 0 Å². The minimum absolute atomic E-state index is 0.121. The third-order valence-corrected chi connectivity index (χ3v) is 6.80. The lowest BCUT2D eigenvalue weighted by molar-refractivity contribution is 0.0383. The van der Waals surface area contributed by atoms with Crippen molar-refractivity contribution in [2.75, 3.05) is 62.7 Å². The minimum Gasteiger partial charge on any atom is -0.379 e. The van der Waals surface area contributed by atoms with E-state index in [0.29, 0.717) is 34.3 Å². The van der Waals surface area contributed by atoms with Crippen LogP contribution in [0.3, 0.4) is 0 Å². The van der Waals surface area contributed by atoms with Crippen LogP contribution in [0.25, 0.3) is 0 Å². The number of piperidine rings is 1. The summed E-state index contributed by atoms with van der Waals surface area (Å²) < 4.78 is 5.39. The van der Waals surface area contributed by atoms with Gasteiger partial charge in [-0.15, -0.1) is 0 Å². The lowest BCUT2D eigenvalue weighted by Gasteiger charge is -2.33. The Morgan fingerprint density at radius 3 is 2.41 bits per heavy atom. The number of morpholine rings is 1. The van der Waals surface area contributed by atoms with Crippen LogP contribution in [-0.4, -0.2) is 69.2 Å². The number of hydrogen-bond donors (Lipinski definition) is 2. The molecule has 182 valence electrons. The molecule has 2 aliphatic rings. The number of nitrogens with one attached hydrogen (secondary N) is 2. The van der Waals surface area contributed by atoms with Crippen LogP contribution >= 0.6 is 11.6 Å². The molecule has 2 aliphatic heterocycles. The van der Waals surface area contributed by atoms with Crippen LogP contribution < -0.4 is 15.5 Å². The summed E-state index contributed by atoms with van der Waals surface area (Å²) in [4.78, 5) is 30.5. The van der Waals surface area contributed by atoms with Crippen molar-refractivity contribution in [2.45, 2.75) is 19.8 Å². The molecule has 0 radical (unpaired) electrons. The second-order valence-corrected chi connectivity index (χ2v) is 9.51. The van der Waals surface area contributed by atoms with Gasteiger partial charge in [0, 0.05) is 61.2 Å². The van der Waals surface area contributed by atoms with Gasteiger partial charge in [-0.2, -0.15) is 0 Å². The minimum atomic E-state index is -0.241. The molecule has 0 bridgehead atoms. The van der Waals surface area contributed by atoms with Crippen LogP contribution in [0.15, 0.2) is 42.5 Å². The van der Waals surface area contributed by atoms with E-state index < -0.39 is 0 Å². The van der Waals surface area contributed by atoms with E-state index in [1.165, 1.54) is 0 Å². The van der Waals surface area contributed by atoms with Crippen LogP contribution in [0.4, 0.5) is 11.4 Å². The summed E-state index contributed by atoms with van der Waals surface area (Å²) >= 11 is 5.93. The molecule has 2 fully saturated rings. The maximum absolute atomic E-state index is 13.3. The predicted octanol–water partition coefficient (Wildman–Crippen LogP) is 3.89. The molecule has 4 rings (SSSR count). The largest absolute Gasteiger partial charge is 0.379 e. The molecule has 0 aromatic heterocycles. The van der Waals surface area contributed by atoms with Crippen molar-refractivity contribution in [3.05, 3.63) is 58.6 Å². The second kappa shape index (κ2) is 11.7. The lowest BCUT2D eigenvalue weighted by Crippen LogP contribution is -2.41. The molecule has 2 N–H and O–H groups in total. The van der Waals surface area contributed by atoms with E-state index in [0.717, 1.165) is 64.5 Å². The number of anilines is 2. The Morgan fingerprint density at radius 1 is 1.00 bits per heavy atom. The fraction of sp³-hybridized carbons (Fsp3) is 0.462. The maximum atomic E-state index is 13.3. The summed E-state index contributed by atoms with van der Waals surface area (Å²) in [5.74, 6) is 0.333. The van der Waals surface area contributed by atoms with Gasteiger partial charge in [0.05, 0.1) is 18.8 Å². The van der Waals surface area contributed by atoms with Gasteiger partial charge in [0.1, 0.15) is 0 Å². The zero-order chi connectivity index (χ0) is 23.9. The molecule has 34 heavy (non-hydrogen) atoms. The van der Waals surface area contributed by atoms with Crippen molar-refractivity contribution < 1.29 is 14.3 Å². The van der Waals surface area contributed by atoms with Crippen molar-refractivity contribution in [1.29, 1.82) is 0 Å². The van der Waals surface area contributed by atoms with Crippen molar-refractivity contribution >= 4 is 34.8 Å². The first-order valence-electron chi connectivity index (χ1n) is 12.0. The quantitative estimate of drug-likeness (QED) is 0.623. The smallest absolute Gasteiger partial charge is 0.255 e. The molecule has 2 saturated heterocycles. The average molecular weight is 485 g/mol. The highest BCUT2D eigenvalue weighted by atomic mass is 35.5. The zero-order valence-corrected chi connectivity index (χ0v) is 20.4. The van der Waals surface area contributed by atoms with Crippen LogP contribution in [-0.2, 0) is 4.74 Å². The Kier molecular flexibility index (Phi) is 8.43. The lowest BCUT2D eigenvalue weighted by atomic mass is 9.97. The van der Waals surface area contributed by atoms with Gasteiger partial charge in [-0.3, -0.25) is 14.5 Å². The van der Waals surface area contributed by atoms with E-state index in [1.807, 2.05) is 12.1 Å². The molecule has 0 atom stereocenters. The number of nitrogens with zero attached hydrogens (tertiary/aromatic N) is 2. The van der Waals surface area contributed by atoms with Crippen LogP contribution in [0, 0.1) is 5.92 Å². The van der Waals surface area contributed by atoms with E-state index in [2.05, 4.69) is 27.4 Å². The van der Waals surface area contributed by atoms with Crippen molar-refractivity contribution in [1.82, 2.24) is 10.2 Å². The highest BCUT2D eigenvalue weighted by Gasteiger charge is 2.22. The van der Waals surface area contributed by atoms with E-state index in [9.17, 15) is 9.59 Å². The standard InChI is InChI=1S/C26H33ClN4O3/c1-19-8-11-31(12-9-19)24-7-6-22(29-25(32)20-2-4-21(27)5-3-20)18-23(24)26(33)28-10-13-30-14-16-34-17-15-30/h2-7,18-19H,8-17H2,1H3,(H,28,33)(H,29,32). The second-order valence-electron chi connectivity index (χ2n) is 9.07. The SMILES string of the molecule is CC1CCN(c2ccc(NC(=O)c3ccc(Cl)cc3)cc2C(=O)NCCN2CCOCC2)CC1. The summed E-state index contributed by atoms with van der Waals surface area (Å²) in [6.45, 7) is 8.72. The molecule has 0 aliphatic carbocycles. The van der Waals surface area contributed by atoms with Crippen LogP contribution in [0.1, 0.15) is 40.5 Å². The number of rotatable bonds is 7. The highest BCUT2D eigenvalue weighted by Crippen LogP contribution is 2.29. The molecule has 8 heteroatoms. The molecule has 0 saturated carbocycles. The molecule has 2 amide bonds. The van der Waals surface area contributed by atoms with Gasteiger partial charge < -0.3 is 20.3 Å². The Labute approximate surface area is 206 Å². The third-order valence-electron chi connectivity index (χ3n) is 6.55. The van der Waals surface area contributed by atoms with Gasteiger partial charge in [0.15, 0.2) is 0 Å². The van der Waals surface area contributed by atoms with Gasteiger partial charge in [-0.05, 0) is 61.2 Å². The third kappa shape index (κ3) is 6.50. The predicted molar refractivity (Wildman–Crippen MR) is 136 cm³/mol. The fourth-order valence-electron chi connectivity index (χ4n) is 4.37. The normalized spacial score (nSPS) is 17.4. The fourth-order valence-corrected chi connectivity index (χ4v) is 4.50. The number of hydrogen-bond acceptors (Lipinski definition) is 5. The summed E-state index contributed by atoms with van der Waals surface area (Å²) in [7, 11) is 0. The van der Waals surface area contributed by atoms with Crippen molar-refractivity contribution in [3.8, 4) is 0 Å². The van der Waals surface area contributed by atoms with E-state index >= 15 is 0 Å². The van der Waals surface area contributed by atoms with Crippen LogP contribution in [0.2, 0.25) is 5.02 Å². The molecule has 7 nitrogen and oxygen atoms in total. The highest BCUT2D eigenvalue weighted by molar-refractivity contribution is 6.30. The molecule has 0 unspecified atom stereocenters. The Hall–Kier alpha value is -2.61. The van der Waals surface area contributed by atoms with Gasteiger partial charge in [0.25, 0.3) is 11.8 Å².